The first-order chi connectivity index (χ1) is 12.9. The van der Waals surface area contributed by atoms with Crippen molar-refractivity contribution in [1.29, 1.82) is 0 Å². The number of likely N-dealkylation sites (N-methyl/N-ethyl adjacent to an activating group) is 1. The maximum Gasteiger partial charge on any atom is 0.238 e. The van der Waals surface area contributed by atoms with Crippen molar-refractivity contribution >= 4 is 28.9 Å². The minimum atomic E-state index is -0.187. The van der Waals surface area contributed by atoms with Crippen molar-refractivity contribution in [2.45, 2.75) is 19.9 Å². The molecular weight excluding hydrogens is 342 g/mol. The van der Waals surface area contributed by atoms with E-state index in [2.05, 4.69) is 20.9 Å². The van der Waals surface area contributed by atoms with Crippen LogP contribution in [0.1, 0.15) is 13.8 Å². The van der Waals surface area contributed by atoms with Crippen molar-refractivity contribution in [2.75, 3.05) is 25.5 Å². The summed E-state index contributed by atoms with van der Waals surface area (Å²) < 4.78 is 0. The molecule has 2 N–H and O–H groups in total. The number of hydrogen-bond donors (Lipinski definition) is 2. The number of azo groups is 1. The average Bonchev–Trinajstić information content (AvgIpc) is 2.61. The van der Waals surface area contributed by atoms with E-state index >= 15 is 0 Å². The van der Waals surface area contributed by atoms with Crippen LogP contribution >= 0.6 is 0 Å². The van der Waals surface area contributed by atoms with E-state index in [1.54, 1.807) is 36.2 Å². The molecule has 0 aliphatic carbocycles. The number of benzene rings is 2. The molecule has 7 nitrogen and oxygen atoms in total. The highest BCUT2D eigenvalue weighted by Gasteiger charge is 2.11. The van der Waals surface area contributed by atoms with E-state index in [1.807, 2.05) is 44.2 Å². The Bertz CT molecular complexity index is 773. The summed E-state index contributed by atoms with van der Waals surface area (Å²) >= 11 is 0. The number of anilines is 1. The molecule has 0 aliphatic rings. The van der Waals surface area contributed by atoms with E-state index in [4.69, 9.17) is 0 Å². The Kier molecular flexibility index (Phi) is 7.63. The zero-order chi connectivity index (χ0) is 19.6. The lowest BCUT2D eigenvalue weighted by molar-refractivity contribution is -0.123. The monoisotopic (exact) mass is 367 g/mol. The molecule has 0 saturated carbocycles. The van der Waals surface area contributed by atoms with Gasteiger partial charge in [0.05, 0.1) is 24.5 Å². The minimum absolute atomic E-state index is 0.0808. The zero-order valence-corrected chi connectivity index (χ0v) is 15.8. The molecule has 2 aromatic carbocycles. The molecule has 0 fully saturated rings. The first-order valence-electron chi connectivity index (χ1n) is 8.77. The molecule has 27 heavy (non-hydrogen) atoms. The summed E-state index contributed by atoms with van der Waals surface area (Å²) in [6.45, 7) is 4.09. The first-order valence-corrected chi connectivity index (χ1v) is 8.77. The highest BCUT2D eigenvalue weighted by atomic mass is 16.2. The first kappa shape index (κ1) is 20.3. The van der Waals surface area contributed by atoms with Gasteiger partial charge in [0.1, 0.15) is 0 Å². The third kappa shape index (κ3) is 7.79. The quantitative estimate of drug-likeness (QED) is 0.700. The number of nitrogens with one attached hydrogen (secondary N) is 2. The van der Waals surface area contributed by atoms with Crippen LogP contribution < -0.4 is 10.6 Å². The van der Waals surface area contributed by atoms with Crippen LogP contribution in [0.3, 0.4) is 0 Å². The summed E-state index contributed by atoms with van der Waals surface area (Å²) in [5.74, 6) is -0.290. The standard InChI is InChI=1S/C20H25N5O2/c1-15(2)21-19(26)13-25(3)14-20(27)22-16-9-11-18(12-10-16)24-23-17-7-5-4-6-8-17/h4-12,15H,13-14H2,1-3H3,(H,21,26)(H,22,27). The van der Waals surface area contributed by atoms with Crippen LogP contribution in [0.25, 0.3) is 0 Å². The van der Waals surface area contributed by atoms with Gasteiger partial charge in [-0.2, -0.15) is 10.2 Å². The van der Waals surface area contributed by atoms with Crippen LogP contribution in [-0.4, -0.2) is 42.9 Å². The Balaban J connectivity index is 1.82. The second-order valence-corrected chi connectivity index (χ2v) is 6.53. The SMILES string of the molecule is CC(C)NC(=O)CN(C)CC(=O)Nc1ccc(N=Nc2ccccc2)cc1. The lowest BCUT2D eigenvalue weighted by Crippen LogP contribution is -2.41. The summed E-state index contributed by atoms with van der Waals surface area (Å²) in [5.41, 5.74) is 2.14. The van der Waals surface area contributed by atoms with Crippen LogP contribution in [-0.2, 0) is 9.59 Å². The van der Waals surface area contributed by atoms with Gasteiger partial charge in [-0.05, 0) is 57.3 Å². The minimum Gasteiger partial charge on any atom is -0.353 e. The van der Waals surface area contributed by atoms with Crippen molar-refractivity contribution in [3.63, 3.8) is 0 Å². The van der Waals surface area contributed by atoms with Gasteiger partial charge < -0.3 is 10.6 Å². The van der Waals surface area contributed by atoms with E-state index in [0.717, 1.165) is 5.69 Å². The third-order valence-electron chi connectivity index (χ3n) is 3.46. The zero-order valence-electron chi connectivity index (χ0n) is 15.8. The molecule has 2 rings (SSSR count). The number of carbonyl (C=O) groups is 2. The highest BCUT2D eigenvalue weighted by Crippen LogP contribution is 2.19. The van der Waals surface area contributed by atoms with Crippen LogP contribution in [0.4, 0.5) is 17.1 Å². The molecule has 0 aliphatic heterocycles. The lowest BCUT2D eigenvalue weighted by Gasteiger charge is -2.17. The van der Waals surface area contributed by atoms with Gasteiger partial charge in [-0.1, -0.05) is 18.2 Å². The maximum absolute atomic E-state index is 12.1. The van der Waals surface area contributed by atoms with Gasteiger partial charge in [-0.15, -0.1) is 0 Å². The van der Waals surface area contributed by atoms with Gasteiger partial charge in [0.2, 0.25) is 11.8 Å². The molecule has 0 aromatic heterocycles. The predicted octanol–water partition coefficient (Wildman–Crippen LogP) is 3.50. The van der Waals surface area contributed by atoms with E-state index in [9.17, 15) is 9.59 Å². The van der Waals surface area contributed by atoms with Gasteiger partial charge >= 0.3 is 0 Å². The fourth-order valence-corrected chi connectivity index (χ4v) is 2.34. The average molecular weight is 367 g/mol. The van der Waals surface area contributed by atoms with Crippen molar-refractivity contribution in [2.24, 2.45) is 10.2 Å². The number of amides is 2. The smallest absolute Gasteiger partial charge is 0.238 e. The summed E-state index contributed by atoms with van der Waals surface area (Å²) in [4.78, 5) is 25.5. The molecule has 7 heteroatoms. The predicted molar refractivity (Wildman–Crippen MR) is 106 cm³/mol. The molecule has 0 unspecified atom stereocenters. The van der Waals surface area contributed by atoms with E-state index in [1.165, 1.54) is 0 Å². The van der Waals surface area contributed by atoms with Crippen molar-refractivity contribution < 1.29 is 9.59 Å². The van der Waals surface area contributed by atoms with Crippen LogP contribution in [0.2, 0.25) is 0 Å². The van der Waals surface area contributed by atoms with E-state index in [0.29, 0.717) is 11.4 Å². The highest BCUT2D eigenvalue weighted by molar-refractivity contribution is 5.92. The van der Waals surface area contributed by atoms with Gasteiger partial charge in [-0.25, -0.2) is 0 Å². The topological polar surface area (TPSA) is 86.2 Å². The van der Waals surface area contributed by atoms with E-state index in [-0.39, 0.29) is 30.9 Å². The number of carbonyl (C=O) groups excluding carboxylic acids is 2. The second kappa shape index (κ2) is 10.2. The Morgan fingerprint density at radius 3 is 2.04 bits per heavy atom. The number of hydrogen-bond acceptors (Lipinski definition) is 5. The summed E-state index contributed by atoms with van der Waals surface area (Å²) in [6, 6.07) is 16.6. The van der Waals surface area contributed by atoms with Gasteiger partial charge in [-0.3, -0.25) is 14.5 Å². The Morgan fingerprint density at radius 2 is 1.44 bits per heavy atom. The molecule has 0 heterocycles. The maximum atomic E-state index is 12.1. The molecule has 142 valence electrons. The number of rotatable bonds is 8. The molecule has 2 amide bonds. The Morgan fingerprint density at radius 1 is 0.889 bits per heavy atom. The lowest BCUT2D eigenvalue weighted by atomic mass is 10.3. The summed E-state index contributed by atoms with van der Waals surface area (Å²) in [5, 5.41) is 13.9. The molecule has 0 saturated heterocycles. The van der Waals surface area contributed by atoms with E-state index < -0.39 is 0 Å². The number of nitrogens with zero attached hydrogens (tertiary/aromatic N) is 3. The fourth-order valence-electron chi connectivity index (χ4n) is 2.34. The Hall–Kier alpha value is -3.06. The summed E-state index contributed by atoms with van der Waals surface area (Å²) in [7, 11) is 1.73. The van der Waals surface area contributed by atoms with Gasteiger partial charge in [0.15, 0.2) is 0 Å². The summed E-state index contributed by atoms with van der Waals surface area (Å²) in [6.07, 6.45) is 0. The second-order valence-electron chi connectivity index (χ2n) is 6.53. The van der Waals surface area contributed by atoms with Crippen LogP contribution in [0.5, 0.6) is 0 Å². The normalized spacial score (nSPS) is 11.1. The van der Waals surface area contributed by atoms with Gasteiger partial charge in [0, 0.05) is 11.7 Å². The molecule has 0 spiro atoms. The van der Waals surface area contributed by atoms with Crippen molar-refractivity contribution in [3.8, 4) is 0 Å². The largest absolute Gasteiger partial charge is 0.353 e. The van der Waals surface area contributed by atoms with Gasteiger partial charge in [0.25, 0.3) is 0 Å². The van der Waals surface area contributed by atoms with Crippen LogP contribution in [0.15, 0.2) is 64.8 Å². The molecular formula is C20H25N5O2. The third-order valence-corrected chi connectivity index (χ3v) is 3.46. The fraction of sp³-hybridized carbons (Fsp3) is 0.300. The molecule has 0 bridgehead atoms. The molecule has 0 atom stereocenters. The van der Waals surface area contributed by atoms with Crippen molar-refractivity contribution in [1.82, 2.24) is 10.2 Å². The Labute approximate surface area is 159 Å². The molecule has 0 radical (unpaired) electrons. The molecule has 2 aromatic rings. The van der Waals surface area contributed by atoms with Crippen LogP contribution in [0, 0.1) is 0 Å². The van der Waals surface area contributed by atoms with Crippen molar-refractivity contribution in [3.05, 3.63) is 54.6 Å².